The van der Waals surface area contributed by atoms with Gasteiger partial charge in [0.1, 0.15) is 0 Å². The number of nitrogens with zero attached hydrogens (tertiary/aromatic N) is 3. The molecule has 1 N–H and O–H groups in total. The molecule has 0 aliphatic heterocycles. The van der Waals surface area contributed by atoms with Gasteiger partial charge < -0.3 is 14.8 Å². The van der Waals surface area contributed by atoms with Crippen molar-refractivity contribution < 1.29 is 4.79 Å². The molecule has 0 spiro atoms. The fraction of sp³-hybridized carbons (Fsp3) is 0.412. The highest BCUT2D eigenvalue weighted by atomic mass is 16.2. The molecule has 0 fully saturated rings. The van der Waals surface area contributed by atoms with Crippen molar-refractivity contribution in [2.45, 2.75) is 32.4 Å². The van der Waals surface area contributed by atoms with Crippen molar-refractivity contribution in [3.63, 3.8) is 0 Å². The first-order chi connectivity index (χ1) is 10.5. The van der Waals surface area contributed by atoms with Crippen LogP contribution in [-0.2, 0) is 4.79 Å². The summed E-state index contributed by atoms with van der Waals surface area (Å²) in [6, 6.07) is 8.69. The Balaban J connectivity index is 1.95. The normalized spacial score (nSPS) is 13.6. The molecule has 2 rings (SSSR count). The number of hydrogen-bond donors (Lipinski definition) is 1. The molecule has 2 aromatic rings. The first-order valence-electron chi connectivity index (χ1n) is 7.52. The van der Waals surface area contributed by atoms with Gasteiger partial charge in [-0.2, -0.15) is 0 Å². The van der Waals surface area contributed by atoms with Crippen LogP contribution in [0.3, 0.4) is 0 Å². The van der Waals surface area contributed by atoms with Gasteiger partial charge in [0.25, 0.3) is 0 Å². The van der Waals surface area contributed by atoms with Gasteiger partial charge in [-0.15, -0.1) is 0 Å². The highest BCUT2D eigenvalue weighted by Crippen LogP contribution is 2.16. The van der Waals surface area contributed by atoms with Crippen molar-refractivity contribution in [1.82, 2.24) is 19.8 Å². The van der Waals surface area contributed by atoms with Gasteiger partial charge in [0.15, 0.2) is 0 Å². The van der Waals surface area contributed by atoms with Crippen molar-refractivity contribution in [3.05, 3.63) is 48.5 Å². The molecule has 1 aromatic carbocycles. The summed E-state index contributed by atoms with van der Waals surface area (Å²) in [5.41, 5.74) is 2.29. The second-order valence-corrected chi connectivity index (χ2v) is 5.84. The first kappa shape index (κ1) is 16.2. The third kappa shape index (κ3) is 4.18. The molecule has 0 saturated heterocycles. The number of benzene rings is 1. The van der Waals surface area contributed by atoms with Gasteiger partial charge in [-0.25, -0.2) is 4.98 Å². The van der Waals surface area contributed by atoms with Crippen LogP contribution in [0.5, 0.6) is 0 Å². The Morgan fingerprint density at radius 3 is 2.50 bits per heavy atom. The predicted molar refractivity (Wildman–Crippen MR) is 87.9 cm³/mol. The summed E-state index contributed by atoms with van der Waals surface area (Å²) in [6.45, 7) is 4.15. The highest BCUT2D eigenvalue weighted by Gasteiger charge is 2.14. The van der Waals surface area contributed by atoms with E-state index in [0.29, 0.717) is 6.42 Å². The topological polar surface area (TPSA) is 50.2 Å². The van der Waals surface area contributed by atoms with Crippen molar-refractivity contribution in [2.24, 2.45) is 0 Å². The van der Waals surface area contributed by atoms with Crippen LogP contribution in [0.15, 0.2) is 43.0 Å². The molecule has 1 aromatic heterocycles. The van der Waals surface area contributed by atoms with Crippen molar-refractivity contribution >= 4 is 5.91 Å². The lowest BCUT2D eigenvalue weighted by molar-refractivity contribution is -0.129. The number of carbonyl (C=O) groups excluding carboxylic acids is 1. The number of rotatable bonds is 6. The molecule has 0 bridgehead atoms. The molecule has 1 amide bonds. The maximum atomic E-state index is 11.7. The van der Waals surface area contributed by atoms with Crippen LogP contribution in [-0.4, -0.2) is 40.5 Å². The fourth-order valence-electron chi connectivity index (χ4n) is 2.37. The summed E-state index contributed by atoms with van der Waals surface area (Å²) in [4.78, 5) is 17.4. The number of carbonyl (C=O) groups is 1. The fourth-order valence-corrected chi connectivity index (χ4v) is 2.37. The van der Waals surface area contributed by atoms with Crippen LogP contribution < -0.4 is 5.32 Å². The molecular weight excluding hydrogens is 276 g/mol. The van der Waals surface area contributed by atoms with E-state index in [2.05, 4.69) is 41.5 Å². The summed E-state index contributed by atoms with van der Waals surface area (Å²) in [5, 5.41) is 3.47. The number of hydrogen-bond acceptors (Lipinski definition) is 3. The van der Waals surface area contributed by atoms with Gasteiger partial charge in [-0.3, -0.25) is 4.79 Å². The van der Waals surface area contributed by atoms with E-state index in [1.54, 1.807) is 31.5 Å². The zero-order chi connectivity index (χ0) is 16.1. The quantitative estimate of drug-likeness (QED) is 0.891. The van der Waals surface area contributed by atoms with E-state index in [0.717, 1.165) is 5.69 Å². The smallest absolute Gasteiger partial charge is 0.223 e. The van der Waals surface area contributed by atoms with E-state index in [-0.39, 0.29) is 18.0 Å². The van der Waals surface area contributed by atoms with Crippen molar-refractivity contribution in [3.8, 4) is 5.69 Å². The van der Waals surface area contributed by atoms with Crippen LogP contribution in [0.4, 0.5) is 0 Å². The van der Waals surface area contributed by atoms with E-state index in [1.165, 1.54) is 5.56 Å². The Kier molecular flexibility index (Phi) is 5.33. The molecular formula is C17H24N4O. The minimum absolute atomic E-state index is 0.137. The third-order valence-corrected chi connectivity index (χ3v) is 3.71. The SMILES string of the molecule is C[C@H](CC(=O)N(C)C)N[C@@H](C)c1ccc(-n2ccnc2)cc1. The monoisotopic (exact) mass is 300 g/mol. The van der Waals surface area contributed by atoms with Crippen molar-refractivity contribution in [1.29, 1.82) is 0 Å². The maximum absolute atomic E-state index is 11.7. The Labute approximate surface area is 132 Å². The van der Waals surface area contributed by atoms with Gasteiger partial charge in [0.2, 0.25) is 5.91 Å². The maximum Gasteiger partial charge on any atom is 0.223 e. The highest BCUT2D eigenvalue weighted by molar-refractivity contribution is 5.76. The van der Waals surface area contributed by atoms with Gasteiger partial charge in [0.05, 0.1) is 6.33 Å². The molecule has 0 aliphatic carbocycles. The lowest BCUT2D eigenvalue weighted by Gasteiger charge is -2.21. The summed E-state index contributed by atoms with van der Waals surface area (Å²) in [5.74, 6) is 0.141. The Hall–Kier alpha value is -2.14. The van der Waals surface area contributed by atoms with Crippen LogP contribution >= 0.6 is 0 Å². The van der Waals surface area contributed by atoms with Crippen LogP contribution in [0.1, 0.15) is 31.9 Å². The number of amides is 1. The van der Waals surface area contributed by atoms with E-state index < -0.39 is 0 Å². The molecule has 0 radical (unpaired) electrons. The molecule has 2 atom stereocenters. The molecule has 5 nitrogen and oxygen atoms in total. The zero-order valence-electron chi connectivity index (χ0n) is 13.7. The average molecular weight is 300 g/mol. The Bertz CT molecular complexity index is 590. The number of imidazole rings is 1. The van der Waals surface area contributed by atoms with Gasteiger partial charge in [0, 0.05) is 50.7 Å². The number of nitrogens with one attached hydrogen (secondary N) is 1. The lowest BCUT2D eigenvalue weighted by Crippen LogP contribution is -2.34. The summed E-state index contributed by atoms with van der Waals surface area (Å²) in [6.07, 6.45) is 5.98. The second kappa shape index (κ2) is 7.22. The minimum Gasteiger partial charge on any atom is -0.349 e. The minimum atomic E-state index is 0.137. The van der Waals surface area contributed by atoms with Crippen molar-refractivity contribution in [2.75, 3.05) is 14.1 Å². The predicted octanol–water partition coefficient (Wildman–Crippen LogP) is 2.39. The molecule has 0 saturated carbocycles. The molecule has 1 heterocycles. The van der Waals surface area contributed by atoms with Crippen LogP contribution in [0.2, 0.25) is 0 Å². The van der Waals surface area contributed by atoms with Gasteiger partial charge >= 0.3 is 0 Å². The summed E-state index contributed by atoms with van der Waals surface area (Å²) >= 11 is 0. The Morgan fingerprint density at radius 1 is 1.27 bits per heavy atom. The second-order valence-electron chi connectivity index (χ2n) is 5.84. The van der Waals surface area contributed by atoms with E-state index >= 15 is 0 Å². The van der Waals surface area contributed by atoms with E-state index in [9.17, 15) is 4.79 Å². The third-order valence-electron chi connectivity index (χ3n) is 3.71. The molecule has 0 unspecified atom stereocenters. The van der Waals surface area contributed by atoms with Crippen LogP contribution in [0, 0.1) is 0 Å². The van der Waals surface area contributed by atoms with E-state index in [1.807, 2.05) is 17.7 Å². The molecule has 0 aliphatic rings. The molecule has 118 valence electrons. The van der Waals surface area contributed by atoms with Gasteiger partial charge in [-0.05, 0) is 31.5 Å². The summed E-state index contributed by atoms with van der Waals surface area (Å²) < 4.78 is 1.97. The standard InChI is InChI=1S/C17H24N4O/c1-13(11-17(22)20(3)4)19-14(2)15-5-7-16(8-6-15)21-10-9-18-12-21/h5-10,12-14,19H,11H2,1-4H3/t13-,14+/m1/s1. The lowest BCUT2D eigenvalue weighted by atomic mass is 10.1. The average Bonchev–Trinajstić information content (AvgIpc) is 3.01. The number of aromatic nitrogens is 2. The van der Waals surface area contributed by atoms with Crippen LogP contribution in [0.25, 0.3) is 5.69 Å². The Morgan fingerprint density at radius 2 is 1.95 bits per heavy atom. The molecule has 22 heavy (non-hydrogen) atoms. The first-order valence-corrected chi connectivity index (χ1v) is 7.52. The largest absolute Gasteiger partial charge is 0.349 e. The summed E-state index contributed by atoms with van der Waals surface area (Å²) in [7, 11) is 3.57. The zero-order valence-corrected chi connectivity index (χ0v) is 13.7. The van der Waals surface area contributed by atoms with E-state index in [4.69, 9.17) is 0 Å². The molecule has 5 heteroatoms. The van der Waals surface area contributed by atoms with Gasteiger partial charge in [-0.1, -0.05) is 12.1 Å².